The molecule has 1 aliphatic carbocycles. The number of carbonyl (C=O) groups is 2. The number of carboxylic acid groups (broad SMARTS) is 1. The Morgan fingerprint density at radius 3 is 2.39 bits per heavy atom. The van der Waals surface area contributed by atoms with Crippen molar-refractivity contribution in [2.45, 2.75) is 71.8 Å². The molecule has 0 aliphatic heterocycles. The van der Waals surface area contributed by atoms with Crippen molar-refractivity contribution >= 4 is 12.1 Å². The molecule has 0 unspecified atom stereocenters. The molecule has 2 N–H and O–H groups in total. The Morgan fingerprint density at radius 1 is 1.30 bits per heavy atom. The number of alkyl carbamates (subject to hydrolysis) is 1. The standard InChI is InChI=1S/C18H31NO4/c1-5-6-10-18(11-8-7-9-12-18)13-23-16(22)19-14(15(20)21)17(2,3)4/h5,14H,1,6-13H2,2-4H3,(H,19,22)(H,20,21)/t14-/m1/s1. The first-order valence-electron chi connectivity index (χ1n) is 8.47. The Labute approximate surface area is 139 Å². The lowest BCUT2D eigenvalue weighted by Gasteiger charge is -2.37. The number of amides is 1. The van der Waals surface area contributed by atoms with Gasteiger partial charge in [-0.05, 0) is 31.1 Å². The largest absolute Gasteiger partial charge is 0.480 e. The molecule has 1 fully saturated rings. The molecule has 5 heteroatoms. The zero-order valence-electron chi connectivity index (χ0n) is 14.7. The number of hydrogen-bond acceptors (Lipinski definition) is 3. The maximum absolute atomic E-state index is 12.0. The minimum atomic E-state index is -1.05. The van der Waals surface area contributed by atoms with Crippen LogP contribution < -0.4 is 5.32 Å². The first-order chi connectivity index (χ1) is 10.7. The van der Waals surface area contributed by atoms with Gasteiger partial charge in [-0.15, -0.1) is 6.58 Å². The van der Waals surface area contributed by atoms with Crippen LogP contribution in [0.5, 0.6) is 0 Å². The van der Waals surface area contributed by atoms with Crippen LogP contribution >= 0.6 is 0 Å². The summed E-state index contributed by atoms with van der Waals surface area (Å²) in [6, 6.07) is -0.967. The topological polar surface area (TPSA) is 75.6 Å². The molecule has 0 spiro atoms. The van der Waals surface area contributed by atoms with Crippen molar-refractivity contribution in [1.82, 2.24) is 5.32 Å². The molecule has 0 saturated heterocycles. The fraction of sp³-hybridized carbons (Fsp3) is 0.778. The van der Waals surface area contributed by atoms with Gasteiger partial charge in [-0.3, -0.25) is 0 Å². The molecule has 0 bridgehead atoms. The second kappa shape index (κ2) is 8.37. The summed E-state index contributed by atoms with van der Waals surface area (Å²) in [6.07, 6.45) is 8.77. The molecule has 0 heterocycles. The van der Waals surface area contributed by atoms with Crippen LogP contribution in [-0.2, 0) is 9.53 Å². The molecule has 1 rings (SSSR count). The van der Waals surface area contributed by atoms with E-state index in [2.05, 4.69) is 11.9 Å². The van der Waals surface area contributed by atoms with Gasteiger partial charge in [-0.2, -0.15) is 0 Å². The first-order valence-corrected chi connectivity index (χ1v) is 8.47. The molecule has 5 nitrogen and oxygen atoms in total. The first kappa shape index (κ1) is 19.5. The molecule has 0 aromatic heterocycles. The second-order valence-electron chi connectivity index (χ2n) is 7.75. The number of carboxylic acids is 1. The van der Waals surface area contributed by atoms with E-state index < -0.39 is 23.5 Å². The van der Waals surface area contributed by atoms with Crippen molar-refractivity contribution in [3.63, 3.8) is 0 Å². The quantitative estimate of drug-likeness (QED) is 0.690. The zero-order chi connectivity index (χ0) is 17.5. The van der Waals surface area contributed by atoms with E-state index in [-0.39, 0.29) is 5.41 Å². The van der Waals surface area contributed by atoms with Crippen LogP contribution in [0.3, 0.4) is 0 Å². The maximum Gasteiger partial charge on any atom is 0.407 e. The Morgan fingerprint density at radius 2 is 1.91 bits per heavy atom. The number of aliphatic carboxylic acids is 1. The molecule has 1 atom stereocenters. The summed E-state index contributed by atoms with van der Waals surface area (Å²) in [4.78, 5) is 23.4. The van der Waals surface area contributed by atoms with Crippen molar-refractivity contribution in [1.29, 1.82) is 0 Å². The average Bonchev–Trinajstić information content (AvgIpc) is 2.48. The van der Waals surface area contributed by atoms with Crippen molar-refractivity contribution < 1.29 is 19.4 Å². The van der Waals surface area contributed by atoms with Crippen molar-refractivity contribution in [2.75, 3.05) is 6.61 Å². The number of hydrogen-bond donors (Lipinski definition) is 2. The Hall–Kier alpha value is -1.52. The van der Waals surface area contributed by atoms with E-state index in [0.717, 1.165) is 38.5 Å². The van der Waals surface area contributed by atoms with E-state index >= 15 is 0 Å². The van der Waals surface area contributed by atoms with Gasteiger partial charge in [0.1, 0.15) is 6.04 Å². The molecular formula is C18H31NO4. The minimum Gasteiger partial charge on any atom is -0.480 e. The summed E-state index contributed by atoms with van der Waals surface area (Å²) in [5.41, 5.74) is -0.555. The number of allylic oxidation sites excluding steroid dienone is 1. The van der Waals surface area contributed by atoms with Crippen LogP contribution in [-0.4, -0.2) is 29.8 Å². The summed E-state index contributed by atoms with van der Waals surface area (Å²) < 4.78 is 5.41. The SMILES string of the molecule is C=CCCC1(COC(=O)N[C@H](C(=O)O)C(C)(C)C)CCCCC1. The van der Waals surface area contributed by atoms with Crippen LogP contribution in [0.1, 0.15) is 65.7 Å². The molecule has 0 aromatic carbocycles. The van der Waals surface area contributed by atoms with Gasteiger partial charge in [0, 0.05) is 5.41 Å². The van der Waals surface area contributed by atoms with Gasteiger partial charge >= 0.3 is 12.1 Å². The van der Waals surface area contributed by atoms with Crippen molar-refractivity contribution in [3.05, 3.63) is 12.7 Å². The highest BCUT2D eigenvalue weighted by molar-refractivity contribution is 5.80. The van der Waals surface area contributed by atoms with Gasteiger partial charge in [-0.25, -0.2) is 9.59 Å². The van der Waals surface area contributed by atoms with Crippen LogP contribution in [0, 0.1) is 10.8 Å². The van der Waals surface area contributed by atoms with E-state index in [1.807, 2.05) is 6.08 Å². The molecular weight excluding hydrogens is 294 g/mol. The van der Waals surface area contributed by atoms with E-state index in [9.17, 15) is 14.7 Å². The third-order valence-corrected chi connectivity index (χ3v) is 4.68. The monoisotopic (exact) mass is 325 g/mol. The summed E-state index contributed by atoms with van der Waals surface area (Å²) in [5.74, 6) is -1.05. The lowest BCUT2D eigenvalue weighted by Crippen LogP contribution is -2.49. The van der Waals surface area contributed by atoms with Gasteiger partial charge in [0.2, 0.25) is 0 Å². The van der Waals surface area contributed by atoms with Crippen molar-refractivity contribution in [2.24, 2.45) is 10.8 Å². The molecule has 132 valence electrons. The molecule has 0 radical (unpaired) electrons. The van der Waals surface area contributed by atoms with Crippen LogP contribution in [0.15, 0.2) is 12.7 Å². The zero-order valence-corrected chi connectivity index (χ0v) is 14.7. The van der Waals surface area contributed by atoms with E-state index in [1.54, 1.807) is 20.8 Å². The molecule has 23 heavy (non-hydrogen) atoms. The van der Waals surface area contributed by atoms with Crippen LogP contribution in [0.25, 0.3) is 0 Å². The van der Waals surface area contributed by atoms with Crippen LogP contribution in [0.4, 0.5) is 4.79 Å². The normalized spacial score (nSPS) is 18.7. The van der Waals surface area contributed by atoms with Gasteiger partial charge in [0.25, 0.3) is 0 Å². The Bertz CT molecular complexity index is 419. The van der Waals surface area contributed by atoms with Crippen molar-refractivity contribution in [3.8, 4) is 0 Å². The average molecular weight is 325 g/mol. The molecule has 1 saturated carbocycles. The van der Waals surface area contributed by atoms with E-state index in [0.29, 0.717) is 6.61 Å². The molecule has 1 amide bonds. The number of nitrogens with one attached hydrogen (secondary N) is 1. The summed E-state index contributed by atoms with van der Waals surface area (Å²) in [7, 11) is 0. The highest BCUT2D eigenvalue weighted by atomic mass is 16.5. The third-order valence-electron chi connectivity index (χ3n) is 4.68. The summed E-state index contributed by atoms with van der Waals surface area (Å²) in [5, 5.41) is 11.7. The van der Waals surface area contributed by atoms with Gasteiger partial charge in [0.05, 0.1) is 6.61 Å². The lowest BCUT2D eigenvalue weighted by atomic mass is 9.72. The maximum atomic E-state index is 12.0. The highest BCUT2D eigenvalue weighted by Gasteiger charge is 2.35. The predicted molar refractivity (Wildman–Crippen MR) is 90.3 cm³/mol. The smallest absolute Gasteiger partial charge is 0.407 e. The predicted octanol–water partition coefficient (Wildman–Crippen LogP) is 4.13. The fourth-order valence-corrected chi connectivity index (χ4v) is 3.20. The fourth-order valence-electron chi connectivity index (χ4n) is 3.20. The van der Waals surface area contributed by atoms with E-state index in [1.165, 1.54) is 6.42 Å². The van der Waals surface area contributed by atoms with Crippen LogP contribution in [0.2, 0.25) is 0 Å². The number of carbonyl (C=O) groups excluding carboxylic acids is 1. The Balaban J connectivity index is 2.60. The van der Waals surface area contributed by atoms with Gasteiger partial charge in [-0.1, -0.05) is 46.1 Å². The highest BCUT2D eigenvalue weighted by Crippen LogP contribution is 2.40. The second-order valence-corrected chi connectivity index (χ2v) is 7.75. The number of ether oxygens (including phenoxy) is 1. The summed E-state index contributed by atoms with van der Waals surface area (Å²) in [6.45, 7) is 9.45. The minimum absolute atomic E-state index is 0.0181. The number of rotatable bonds is 7. The summed E-state index contributed by atoms with van der Waals surface area (Å²) >= 11 is 0. The Kier molecular flexibility index (Phi) is 7.10. The lowest BCUT2D eigenvalue weighted by molar-refractivity contribution is -0.142. The van der Waals surface area contributed by atoms with Gasteiger partial charge in [0.15, 0.2) is 0 Å². The molecule has 0 aromatic rings. The van der Waals surface area contributed by atoms with E-state index in [4.69, 9.17) is 4.74 Å². The molecule has 1 aliphatic rings. The van der Waals surface area contributed by atoms with Gasteiger partial charge < -0.3 is 15.2 Å². The third kappa shape index (κ3) is 6.24.